The first kappa shape index (κ1) is 22.9. The van der Waals surface area contributed by atoms with Crippen LogP contribution >= 0.6 is 0 Å². The maximum Gasteiger partial charge on any atom is 0.332 e. The van der Waals surface area contributed by atoms with Crippen LogP contribution < -0.4 is 10.5 Å². The van der Waals surface area contributed by atoms with E-state index in [0.29, 0.717) is 16.2 Å². The molecule has 2 aromatic carbocycles. The molecule has 0 radical (unpaired) electrons. The number of carbonyl (C=O) groups is 2. The minimum atomic E-state index is -1.22. The summed E-state index contributed by atoms with van der Waals surface area (Å²) in [7, 11) is 2.85. The summed E-state index contributed by atoms with van der Waals surface area (Å²) in [5.41, 5.74) is -1.31. The number of halogens is 2. The maximum absolute atomic E-state index is 15.0. The highest BCUT2D eigenvalue weighted by Gasteiger charge is 2.48. The quantitative estimate of drug-likeness (QED) is 0.549. The van der Waals surface area contributed by atoms with Gasteiger partial charge in [0.15, 0.2) is 11.6 Å². The fraction of sp³-hybridized carbons (Fsp3) is 0.200. The van der Waals surface area contributed by atoms with Crippen molar-refractivity contribution in [2.45, 2.75) is 18.9 Å². The van der Waals surface area contributed by atoms with Crippen molar-refractivity contribution in [2.75, 3.05) is 11.9 Å². The zero-order chi connectivity index (χ0) is 24.6. The standard InChI is InChI=1S/C25H20F2N4O3/c1-25(20-11-12-21(32)30(3)28-20)15-22(33)31(24(34)29(25)2)23-18(26)13-17(14-19(23)27)10-9-16-7-5-4-6-8-16/h4-8,11-14H,15H2,1-3H3/t25-/m0/s1. The molecule has 0 aliphatic carbocycles. The second kappa shape index (κ2) is 8.56. The molecule has 4 rings (SSSR count). The molecule has 2 heterocycles. The van der Waals surface area contributed by atoms with Crippen LogP contribution in [0.3, 0.4) is 0 Å². The Morgan fingerprint density at radius 1 is 0.912 bits per heavy atom. The Morgan fingerprint density at radius 3 is 2.15 bits per heavy atom. The van der Waals surface area contributed by atoms with Gasteiger partial charge in [0.1, 0.15) is 5.69 Å². The van der Waals surface area contributed by atoms with Crippen molar-refractivity contribution in [3.63, 3.8) is 0 Å². The Morgan fingerprint density at radius 2 is 1.53 bits per heavy atom. The number of nitrogens with zero attached hydrogens (tertiary/aromatic N) is 4. The van der Waals surface area contributed by atoms with Crippen molar-refractivity contribution < 1.29 is 18.4 Å². The molecule has 1 aliphatic heterocycles. The summed E-state index contributed by atoms with van der Waals surface area (Å²) >= 11 is 0. The largest absolute Gasteiger partial charge is 0.332 e. The fourth-order valence-corrected chi connectivity index (χ4v) is 3.75. The molecule has 34 heavy (non-hydrogen) atoms. The first-order valence-corrected chi connectivity index (χ1v) is 10.3. The highest BCUT2D eigenvalue weighted by molar-refractivity contribution is 6.16. The molecule has 172 valence electrons. The van der Waals surface area contributed by atoms with Gasteiger partial charge in [0.25, 0.3) is 5.56 Å². The van der Waals surface area contributed by atoms with Gasteiger partial charge in [-0.25, -0.2) is 23.2 Å². The van der Waals surface area contributed by atoms with Gasteiger partial charge in [0.2, 0.25) is 5.91 Å². The van der Waals surface area contributed by atoms with Crippen molar-refractivity contribution in [3.05, 3.63) is 93.4 Å². The molecule has 1 aromatic heterocycles. The summed E-state index contributed by atoms with van der Waals surface area (Å²) < 4.78 is 31.1. The number of rotatable bonds is 2. The molecule has 3 aromatic rings. The van der Waals surface area contributed by atoms with Crippen molar-refractivity contribution in [1.82, 2.24) is 14.7 Å². The van der Waals surface area contributed by atoms with E-state index in [4.69, 9.17) is 0 Å². The molecule has 0 saturated carbocycles. The Hall–Kier alpha value is -4.32. The van der Waals surface area contributed by atoms with Gasteiger partial charge in [-0.1, -0.05) is 30.0 Å². The lowest BCUT2D eigenvalue weighted by molar-refractivity contribution is -0.122. The number of amides is 3. The molecule has 0 unspecified atom stereocenters. The molecular weight excluding hydrogens is 442 g/mol. The third-order valence-electron chi connectivity index (χ3n) is 5.84. The van der Waals surface area contributed by atoms with Crippen LogP contribution in [0.2, 0.25) is 0 Å². The highest BCUT2D eigenvalue weighted by Crippen LogP contribution is 2.38. The number of aromatic nitrogens is 2. The molecule has 1 saturated heterocycles. The van der Waals surface area contributed by atoms with E-state index in [1.165, 1.54) is 31.1 Å². The second-order valence-electron chi connectivity index (χ2n) is 8.11. The number of urea groups is 1. The van der Waals surface area contributed by atoms with E-state index in [1.54, 1.807) is 31.2 Å². The predicted molar refractivity (Wildman–Crippen MR) is 121 cm³/mol. The van der Waals surface area contributed by atoms with E-state index in [9.17, 15) is 23.2 Å². The summed E-state index contributed by atoms with van der Waals surface area (Å²) in [6.45, 7) is 1.60. The van der Waals surface area contributed by atoms with Crippen LogP contribution in [0.5, 0.6) is 0 Å². The van der Waals surface area contributed by atoms with Crippen molar-refractivity contribution in [1.29, 1.82) is 0 Å². The van der Waals surface area contributed by atoms with E-state index >= 15 is 0 Å². The summed E-state index contributed by atoms with van der Waals surface area (Å²) in [4.78, 5) is 39.5. The first-order chi connectivity index (χ1) is 16.1. The van der Waals surface area contributed by atoms with Crippen LogP contribution in [0, 0.1) is 23.5 Å². The first-order valence-electron chi connectivity index (χ1n) is 10.3. The van der Waals surface area contributed by atoms with Crippen molar-refractivity contribution >= 4 is 17.6 Å². The molecule has 7 nitrogen and oxygen atoms in total. The smallest absolute Gasteiger partial charge is 0.315 e. The number of carbonyl (C=O) groups excluding carboxylic acids is 2. The maximum atomic E-state index is 15.0. The molecule has 1 atom stereocenters. The molecule has 0 spiro atoms. The second-order valence-corrected chi connectivity index (χ2v) is 8.11. The Labute approximate surface area is 194 Å². The minimum Gasteiger partial charge on any atom is -0.315 e. The van der Waals surface area contributed by atoms with E-state index in [2.05, 4.69) is 16.9 Å². The average Bonchev–Trinajstić information content (AvgIpc) is 2.80. The van der Waals surface area contributed by atoms with Crippen molar-refractivity contribution in [2.24, 2.45) is 7.05 Å². The van der Waals surface area contributed by atoms with Gasteiger partial charge in [-0.15, -0.1) is 0 Å². The lowest BCUT2D eigenvalue weighted by Crippen LogP contribution is -2.60. The third kappa shape index (κ3) is 3.94. The van der Waals surface area contributed by atoms with Crippen LogP contribution in [0.25, 0.3) is 0 Å². The normalized spacial score (nSPS) is 18.0. The fourth-order valence-electron chi connectivity index (χ4n) is 3.75. The number of anilines is 1. The van der Waals surface area contributed by atoms with Gasteiger partial charge in [0, 0.05) is 31.3 Å². The van der Waals surface area contributed by atoms with Gasteiger partial charge >= 0.3 is 6.03 Å². The highest BCUT2D eigenvalue weighted by atomic mass is 19.1. The lowest BCUT2D eigenvalue weighted by Gasteiger charge is -2.44. The molecular formula is C25H20F2N4O3. The Kier molecular flexibility index (Phi) is 5.75. The van der Waals surface area contributed by atoms with Crippen LogP contribution in [-0.4, -0.2) is 33.7 Å². The van der Waals surface area contributed by atoms with Gasteiger partial charge in [-0.05, 0) is 37.3 Å². The molecule has 0 N–H and O–H groups in total. The Bertz CT molecular complexity index is 1400. The van der Waals surface area contributed by atoms with Crippen LogP contribution in [0.4, 0.5) is 19.3 Å². The SMILES string of the molecule is CN1C(=O)N(c2c(F)cc(C#Cc3ccccc3)cc2F)C(=O)C[C@@]1(C)c1ccc(=O)n(C)n1. The van der Waals surface area contributed by atoms with E-state index in [0.717, 1.165) is 16.8 Å². The molecule has 1 aliphatic rings. The average molecular weight is 462 g/mol. The summed E-state index contributed by atoms with van der Waals surface area (Å²) in [6.07, 6.45) is -0.297. The number of imide groups is 1. The van der Waals surface area contributed by atoms with Gasteiger partial charge in [-0.3, -0.25) is 9.59 Å². The monoisotopic (exact) mass is 462 g/mol. The summed E-state index contributed by atoms with van der Waals surface area (Å²) in [6, 6.07) is 12.7. The van der Waals surface area contributed by atoms with Crippen LogP contribution in [0.15, 0.2) is 59.4 Å². The van der Waals surface area contributed by atoms with Crippen molar-refractivity contribution in [3.8, 4) is 11.8 Å². The van der Waals surface area contributed by atoms with Crippen LogP contribution in [0.1, 0.15) is 30.2 Å². The van der Waals surface area contributed by atoms with E-state index in [1.807, 2.05) is 6.07 Å². The number of aryl methyl sites for hydroxylation is 1. The zero-order valence-corrected chi connectivity index (χ0v) is 18.7. The van der Waals surface area contributed by atoms with E-state index in [-0.39, 0.29) is 17.5 Å². The third-order valence-corrected chi connectivity index (χ3v) is 5.84. The van der Waals surface area contributed by atoms with Gasteiger partial charge < -0.3 is 4.90 Å². The van der Waals surface area contributed by atoms with Crippen LogP contribution in [-0.2, 0) is 17.4 Å². The topological polar surface area (TPSA) is 75.5 Å². The Balaban J connectivity index is 1.69. The number of benzene rings is 2. The number of hydrogen-bond acceptors (Lipinski definition) is 4. The van der Waals surface area contributed by atoms with Gasteiger partial charge in [0.05, 0.1) is 17.7 Å². The zero-order valence-electron chi connectivity index (χ0n) is 18.7. The summed E-state index contributed by atoms with van der Waals surface area (Å²) in [5, 5.41) is 4.15. The molecule has 9 heteroatoms. The van der Waals surface area contributed by atoms with Gasteiger partial charge in [-0.2, -0.15) is 5.10 Å². The van der Waals surface area contributed by atoms with E-state index < -0.39 is 34.8 Å². The minimum absolute atomic E-state index is 0.0621. The predicted octanol–water partition coefficient (Wildman–Crippen LogP) is 3.16. The molecule has 3 amide bonds. The number of hydrogen-bond donors (Lipinski definition) is 0. The molecule has 0 bridgehead atoms. The summed E-state index contributed by atoms with van der Waals surface area (Å²) in [5.74, 6) is 2.51. The lowest BCUT2D eigenvalue weighted by atomic mass is 9.88. The molecule has 1 fully saturated rings.